The van der Waals surface area contributed by atoms with Gasteiger partial charge in [-0.05, 0) is 29.3 Å². The zero-order chi connectivity index (χ0) is 10.9. The van der Waals surface area contributed by atoms with Gasteiger partial charge < -0.3 is 4.98 Å². The highest BCUT2D eigenvalue weighted by Crippen LogP contribution is 2.21. The molecule has 0 aliphatic carbocycles. The third-order valence-electron chi connectivity index (χ3n) is 2.19. The Labute approximate surface area is 88.7 Å². The molecule has 0 saturated carbocycles. The maximum Gasteiger partial charge on any atom is 0.175 e. The van der Waals surface area contributed by atoms with Crippen molar-refractivity contribution in [2.45, 2.75) is 4.90 Å². The first-order chi connectivity index (χ1) is 7.07. The van der Waals surface area contributed by atoms with Crippen molar-refractivity contribution in [3.8, 4) is 11.1 Å². The predicted octanol–water partition coefficient (Wildman–Crippen LogP) is 2.09. The molecule has 2 rings (SSSR count). The summed E-state index contributed by atoms with van der Waals surface area (Å²) in [5.41, 5.74) is 1.89. The highest BCUT2D eigenvalue weighted by atomic mass is 32.2. The molecule has 1 aromatic heterocycles. The van der Waals surface area contributed by atoms with Gasteiger partial charge in [-0.1, -0.05) is 12.1 Å². The van der Waals surface area contributed by atoms with Crippen LogP contribution in [0.4, 0.5) is 0 Å². The molecule has 78 valence electrons. The van der Waals surface area contributed by atoms with Crippen LogP contribution < -0.4 is 0 Å². The van der Waals surface area contributed by atoms with Crippen molar-refractivity contribution in [2.75, 3.05) is 6.26 Å². The molecule has 2 aromatic rings. The second-order valence-corrected chi connectivity index (χ2v) is 5.42. The molecule has 0 saturated heterocycles. The number of hydrogen-bond donors (Lipinski definition) is 1. The highest BCUT2D eigenvalue weighted by molar-refractivity contribution is 7.90. The summed E-state index contributed by atoms with van der Waals surface area (Å²) in [6.45, 7) is 0. The molecule has 0 amide bonds. The van der Waals surface area contributed by atoms with Gasteiger partial charge in [0.2, 0.25) is 0 Å². The first-order valence-corrected chi connectivity index (χ1v) is 6.40. The molecule has 0 bridgehead atoms. The van der Waals surface area contributed by atoms with Crippen LogP contribution >= 0.6 is 0 Å². The minimum atomic E-state index is -3.13. The van der Waals surface area contributed by atoms with E-state index >= 15 is 0 Å². The van der Waals surface area contributed by atoms with Gasteiger partial charge in [-0.25, -0.2) is 8.42 Å². The van der Waals surface area contributed by atoms with E-state index in [1.807, 2.05) is 24.5 Å². The predicted molar refractivity (Wildman–Crippen MR) is 59.3 cm³/mol. The maximum atomic E-state index is 11.3. The van der Waals surface area contributed by atoms with Crippen LogP contribution in [0.15, 0.2) is 47.6 Å². The van der Waals surface area contributed by atoms with E-state index in [1.165, 1.54) is 6.26 Å². The van der Waals surface area contributed by atoms with Crippen LogP contribution in [0, 0.1) is 0 Å². The Bertz CT molecular complexity index is 556. The van der Waals surface area contributed by atoms with Crippen molar-refractivity contribution in [1.29, 1.82) is 0 Å². The molecule has 3 nitrogen and oxygen atoms in total. The molecule has 0 unspecified atom stereocenters. The third-order valence-corrected chi connectivity index (χ3v) is 3.30. The topological polar surface area (TPSA) is 49.9 Å². The number of H-pyrrole nitrogens is 1. The molecule has 1 aromatic carbocycles. The summed E-state index contributed by atoms with van der Waals surface area (Å²) in [5, 5.41) is 0. The van der Waals surface area contributed by atoms with Gasteiger partial charge in [-0.2, -0.15) is 0 Å². The van der Waals surface area contributed by atoms with Gasteiger partial charge in [0.15, 0.2) is 9.84 Å². The van der Waals surface area contributed by atoms with Crippen molar-refractivity contribution >= 4 is 9.84 Å². The standard InChI is InChI=1S/C11H11NO2S/c1-15(13,14)11-4-2-3-9(7-11)10-5-6-12-8-10/h2-8,12H,1H3. The lowest BCUT2D eigenvalue weighted by molar-refractivity contribution is 0.602. The summed E-state index contributed by atoms with van der Waals surface area (Å²) >= 11 is 0. The molecule has 0 radical (unpaired) electrons. The van der Waals surface area contributed by atoms with Gasteiger partial charge in [0.25, 0.3) is 0 Å². The zero-order valence-corrected chi connectivity index (χ0v) is 9.08. The fourth-order valence-corrected chi connectivity index (χ4v) is 2.08. The molecule has 0 aliphatic heterocycles. The fourth-order valence-electron chi connectivity index (χ4n) is 1.41. The van der Waals surface area contributed by atoms with Gasteiger partial charge in [-0.3, -0.25) is 0 Å². The Kier molecular flexibility index (Phi) is 2.36. The molecule has 1 heterocycles. The van der Waals surface area contributed by atoms with E-state index in [9.17, 15) is 8.42 Å². The average molecular weight is 221 g/mol. The Morgan fingerprint density at radius 2 is 1.93 bits per heavy atom. The lowest BCUT2D eigenvalue weighted by Gasteiger charge is -2.01. The van der Waals surface area contributed by atoms with E-state index in [0.29, 0.717) is 4.90 Å². The lowest BCUT2D eigenvalue weighted by Crippen LogP contribution is -1.96. The molecule has 0 spiro atoms. The minimum Gasteiger partial charge on any atom is -0.367 e. The maximum absolute atomic E-state index is 11.3. The van der Waals surface area contributed by atoms with E-state index < -0.39 is 9.84 Å². The highest BCUT2D eigenvalue weighted by Gasteiger charge is 2.07. The Hall–Kier alpha value is -1.55. The number of aromatic amines is 1. The Morgan fingerprint density at radius 1 is 1.13 bits per heavy atom. The van der Waals surface area contributed by atoms with E-state index in [4.69, 9.17) is 0 Å². The number of sulfone groups is 1. The van der Waals surface area contributed by atoms with Crippen LogP contribution in [0.1, 0.15) is 0 Å². The van der Waals surface area contributed by atoms with E-state index in [-0.39, 0.29) is 0 Å². The summed E-state index contributed by atoms with van der Waals surface area (Å²) < 4.78 is 22.7. The normalized spacial score (nSPS) is 11.5. The molecule has 0 atom stereocenters. The van der Waals surface area contributed by atoms with Gasteiger partial charge in [0.1, 0.15) is 0 Å². The minimum absolute atomic E-state index is 0.348. The summed E-state index contributed by atoms with van der Waals surface area (Å²) in [6, 6.07) is 8.82. The number of rotatable bonds is 2. The van der Waals surface area contributed by atoms with Gasteiger partial charge in [0, 0.05) is 18.6 Å². The van der Waals surface area contributed by atoms with Crippen LogP contribution in [-0.2, 0) is 9.84 Å². The third kappa shape index (κ3) is 2.10. The zero-order valence-electron chi connectivity index (χ0n) is 8.27. The van der Waals surface area contributed by atoms with Crippen molar-refractivity contribution in [2.24, 2.45) is 0 Å². The number of aromatic nitrogens is 1. The van der Waals surface area contributed by atoms with Crippen LogP contribution in [0.3, 0.4) is 0 Å². The lowest BCUT2D eigenvalue weighted by atomic mass is 10.1. The van der Waals surface area contributed by atoms with Gasteiger partial charge in [0.05, 0.1) is 4.90 Å². The molecule has 0 fully saturated rings. The molecule has 0 aliphatic rings. The van der Waals surface area contributed by atoms with E-state index in [2.05, 4.69) is 4.98 Å². The second kappa shape index (κ2) is 3.55. The van der Waals surface area contributed by atoms with Gasteiger partial charge in [-0.15, -0.1) is 0 Å². The summed E-state index contributed by atoms with van der Waals surface area (Å²) in [7, 11) is -3.13. The van der Waals surface area contributed by atoms with Crippen molar-refractivity contribution < 1.29 is 8.42 Å². The number of benzene rings is 1. The Balaban J connectivity index is 2.53. The van der Waals surface area contributed by atoms with E-state index in [0.717, 1.165) is 11.1 Å². The van der Waals surface area contributed by atoms with Gasteiger partial charge >= 0.3 is 0 Å². The van der Waals surface area contributed by atoms with Crippen molar-refractivity contribution in [3.05, 3.63) is 42.7 Å². The molecule has 1 N–H and O–H groups in total. The summed E-state index contributed by atoms with van der Waals surface area (Å²) in [6.07, 6.45) is 4.85. The number of hydrogen-bond acceptors (Lipinski definition) is 2. The molecule has 4 heteroatoms. The second-order valence-electron chi connectivity index (χ2n) is 3.40. The monoisotopic (exact) mass is 221 g/mol. The largest absolute Gasteiger partial charge is 0.367 e. The summed E-state index contributed by atoms with van der Waals surface area (Å²) in [4.78, 5) is 3.29. The smallest absolute Gasteiger partial charge is 0.175 e. The first kappa shape index (κ1) is 9.98. The fraction of sp³-hybridized carbons (Fsp3) is 0.0909. The van der Waals surface area contributed by atoms with E-state index in [1.54, 1.807) is 18.2 Å². The van der Waals surface area contributed by atoms with Crippen LogP contribution in [0.2, 0.25) is 0 Å². The Morgan fingerprint density at radius 3 is 2.53 bits per heavy atom. The van der Waals surface area contributed by atoms with Crippen LogP contribution in [-0.4, -0.2) is 19.7 Å². The van der Waals surface area contributed by atoms with Crippen LogP contribution in [0.25, 0.3) is 11.1 Å². The summed E-state index contributed by atoms with van der Waals surface area (Å²) in [5.74, 6) is 0. The SMILES string of the molecule is CS(=O)(=O)c1cccc(-c2cc[nH]c2)c1. The van der Waals surface area contributed by atoms with Crippen molar-refractivity contribution in [3.63, 3.8) is 0 Å². The number of nitrogens with one attached hydrogen (secondary N) is 1. The quantitative estimate of drug-likeness (QED) is 0.844. The molecule has 15 heavy (non-hydrogen) atoms. The molecular formula is C11H11NO2S. The molecular weight excluding hydrogens is 210 g/mol. The first-order valence-electron chi connectivity index (χ1n) is 4.51. The van der Waals surface area contributed by atoms with Crippen molar-refractivity contribution in [1.82, 2.24) is 4.98 Å². The average Bonchev–Trinajstić information content (AvgIpc) is 2.69. The van der Waals surface area contributed by atoms with Crippen LogP contribution in [0.5, 0.6) is 0 Å².